The third-order valence-electron chi connectivity index (χ3n) is 2.76. The van der Waals surface area contributed by atoms with E-state index in [9.17, 15) is 9.59 Å². The second kappa shape index (κ2) is 6.00. The van der Waals surface area contributed by atoms with Crippen molar-refractivity contribution in [3.8, 4) is 0 Å². The topological polar surface area (TPSA) is 98.7 Å². The number of hydrogen-bond acceptors (Lipinski definition) is 5. The van der Waals surface area contributed by atoms with Gasteiger partial charge in [0.1, 0.15) is 0 Å². The number of thioether (sulfide) groups is 1. The lowest BCUT2D eigenvalue weighted by Crippen LogP contribution is -2.21. The molecule has 0 atom stereocenters. The fourth-order valence-corrected chi connectivity index (χ4v) is 2.82. The number of nitrogens with two attached hydrogens (primary N) is 1. The predicted octanol–water partition coefficient (Wildman–Crippen LogP) is 0.689. The molecule has 0 aliphatic rings. The number of pyridine rings is 1. The molecule has 0 aromatic carbocycles. The Morgan fingerprint density at radius 2 is 2.15 bits per heavy atom. The zero-order valence-electron chi connectivity index (χ0n) is 11.4. The quantitative estimate of drug-likeness (QED) is 0.791. The lowest BCUT2D eigenvalue weighted by atomic mass is 10.4. The second-order valence-electron chi connectivity index (χ2n) is 4.62. The van der Waals surface area contributed by atoms with Gasteiger partial charge in [-0.1, -0.05) is 11.8 Å². The fraction of sp³-hybridized carbons (Fsp3) is 0.417. The average molecular weight is 295 g/mol. The summed E-state index contributed by atoms with van der Waals surface area (Å²) in [6.45, 7) is 4.35. The van der Waals surface area contributed by atoms with Crippen molar-refractivity contribution >= 4 is 17.4 Å². The molecule has 0 saturated heterocycles. The minimum absolute atomic E-state index is 0.0406. The normalized spacial score (nSPS) is 11.2. The van der Waals surface area contributed by atoms with Gasteiger partial charge in [0, 0.05) is 36.3 Å². The van der Waals surface area contributed by atoms with E-state index in [1.807, 2.05) is 13.8 Å². The van der Waals surface area contributed by atoms with E-state index in [1.54, 1.807) is 21.4 Å². The van der Waals surface area contributed by atoms with Crippen molar-refractivity contribution in [1.29, 1.82) is 0 Å². The molecule has 2 aromatic rings. The molecule has 0 amide bonds. The van der Waals surface area contributed by atoms with Crippen molar-refractivity contribution in [2.24, 2.45) is 0 Å². The largest absolute Gasteiger partial charge is 0.398 e. The monoisotopic (exact) mass is 295 g/mol. The highest BCUT2D eigenvalue weighted by molar-refractivity contribution is 7.99. The summed E-state index contributed by atoms with van der Waals surface area (Å²) in [7, 11) is 0. The molecule has 2 heterocycles. The number of H-pyrrole nitrogens is 1. The van der Waals surface area contributed by atoms with E-state index in [-0.39, 0.29) is 17.3 Å². The third kappa shape index (κ3) is 3.13. The standard InChI is InChI=1S/C12H17N5O2S/c1-8(2)17-11(19)14-15-12(17)20-6-5-16-7-9(13)3-4-10(16)18/h3-4,7-8H,5-6,13H2,1-2H3,(H,14,19). The molecule has 0 unspecified atom stereocenters. The number of nitrogen functional groups attached to an aromatic ring is 1. The summed E-state index contributed by atoms with van der Waals surface area (Å²) >= 11 is 1.43. The summed E-state index contributed by atoms with van der Waals surface area (Å²) in [5.74, 6) is 0.625. The number of aromatic nitrogens is 4. The summed E-state index contributed by atoms with van der Waals surface area (Å²) in [6.07, 6.45) is 1.61. The molecular formula is C12H17N5O2S. The molecule has 0 aliphatic heterocycles. The minimum atomic E-state index is -0.219. The molecule has 8 heteroatoms. The van der Waals surface area contributed by atoms with Gasteiger partial charge in [-0.3, -0.25) is 9.36 Å². The summed E-state index contributed by atoms with van der Waals surface area (Å²) in [5, 5.41) is 7.05. The molecule has 0 bridgehead atoms. The van der Waals surface area contributed by atoms with Crippen LogP contribution in [0.1, 0.15) is 19.9 Å². The first-order valence-corrected chi connectivity index (χ1v) is 7.23. The van der Waals surface area contributed by atoms with Crippen LogP contribution >= 0.6 is 11.8 Å². The molecular weight excluding hydrogens is 278 g/mol. The van der Waals surface area contributed by atoms with Gasteiger partial charge in [-0.25, -0.2) is 9.89 Å². The van der Waals surface area contributed by atoms with E-state index in [1.165, 1.54) is 17.8 Å². The van der Waals surface area contributed by atoms with Gasteiger partial charge in [0.05, 0.1) is 0 Å². The van der Waals surface area contributed by atoms with Gasteiger partial charge in [-0.15, -0.1) is 5.10 Å². The van der Waals surface area contributed by atoms with Gasteiger partial charge in [0.2, 0.25) is 0 Å². The maximum Gasteiger partial charge on any atom is 0.344 e. The van der Waals surface area contributed by atoms with E-state index in [4.69, 9.17) is 5.73 Å². The molecule has 0 spiro atoms. The Bertz CT molecular complexity index is 700. The number of aryl methyl sites for hydroxylation is 1. The minimum Gasteiger partial charge on any atom is -0.398 e. The fourth-order valence-electron chi connectivity index (χ4n) is 1.81. The van der Waals surface area contributed by atoms with Crippen LogP contribution in [-0.4, -0.2) is 25.1 Å². The Labute approximate surface area is 119 Å². The van der Waals surface area contributed by atoms with Crippen LogP contribution in [0.3, 0.4) is 0 Å². The van der Waals surface area contributed by atoms with E-state index in [0.29, 0.717) is 23.1 Å². The zero-order chi connectivity index (χ0) is 14.7. The Kier molecular flexibility index (Phi) is 4.33. The predicted molar refractivity (Wildman–Crippen MR) is 79.1 cm³/mol. The van der Waals surface area contributed by atoms with E-state index >= 15 is 0 Å². The number of rotatable bonds is 5. The number of aromatic amines is 1. The van der Waals surface area contributed by atoms with Crippen molar-refractivity contribution in [3.05, 3.63) is 39.2 Å². The molecule has 0 radical (unpaired) electrons. The first-order chi connectivity index (χ1) is 9.49. The summed E-state index contributed by atoms with van der Waals surface area (Å²) in [5.41, 5.74) is 5.88. The van der Waals surface area contributed by atoms with E-state index < -0.39 is 0 Å². The van der Waals surface area contributed by atoms with Crippen molar-refractivity contribution in [2.45, 2.75) is 31.6 Å². The van der Waals surface area contributed by atoms with Crippen molar-refractivity contribution in [1.82, 2.24) is 19.3 Å². The first-order valence-electron chi connectivity index (χ1n) is 6.24. The highest BCUT2D eigenvalue weighted by atomic mass is 32.2. The van der Waals surface area contributed by atoms with Crippen LogP contribution < -0.4 is 17.0 Å². The Balaban J connectivity index is 2.05. The molecule has 0 aliphatic carbocycles. The Morgan fingerprint density at radius 3 is 2.85 bits per heavy atom. The average Bonchev–Trinajstić information content (AvgIpc) is 2.75. The van der Waals surface area contributed by atoms with Crippen LogP contribution in [0, 0.1) is 0 Å². The van der Waals surface area contributed by atoms with Crippen LogP contribution in [0.15, 0.2) is 33.1 Å². The molecule has 7 nitrogen and oxygen atoms in total. The lowest BCUT2D eigenvalue weighted by molar-refractivity contribution is 0.533. The molecule has 108 valence electrons. The van der Waals surface area contributed by atoms with Gasteiger partial charge in [-0.2, -0.15) is 0 Å². The number of nitrogens with one attached hydrogen (secondary N) is 1. The maximum atomic E-state index is 11.6. The molecule has 3 N–H and O–H groups in total. The van der Waals surface area contributed by atoms with E-state index in [2.05, 4.69) is 10.2 Å². The summed E-state index contributed by atoms with van der Waals surface area (Å²) < 4.78 is 3.14. The Hall–Kier alpha value is -1.96. The number of anilines is 1. The summed E-state index contributed by atoms with van der Waals surface area (Å²) in [4.78, 5) is 23.2. The zero-order valence-corrected chi connectivity index (χ0v) is 12.2. The first kappa shape index (κ1) is 14.4. The van der Waals surface area contributed by atoms with Crippen molar-refractivity contribution in [2.75, 3.05) is 11.5 Å². The highest BCUT2D eigenvalue weighted by Gasteiger charge is 2.11. The smallest absolute Gasteiger partial charge is 0.344 e. The van der Waals surface area contributed by atoms with Crippen LogP contribution in [0.2, 0.25) is 0 Å². The third-order valence-corrected chi connectivity index (χ3v) is 3.69. The molecule has 20 heavy (non-hydrogen) atoms. The SMILES string of the molecule is CC(C)n1c(SCCn2cc(N)ccc2=O)n[nH]c1=O. The van der Waals surface area contributed by atoms with Crippen LogP contribution in [0.25, 0.3) is 0 Å². The van der Waals surface area contributed by atoms with Gasteiger partial charge in [-0.05, 0) is 19.9 Å². The Morgan fingerprint density at radius 1 is 1.40 bits per heavy atom. The highest BCUT2D eigenvalue weighted by Crippen LogP contribution is 2.16. The molecule has 0 fully saturated rings. The summed E-state index contributed by atoms with van der Waals surface area (Å²) in [6, 6.07) is 3.06. The van der Waals surface area contributed by atoms with Crippen LogP contribution in [0.4, 0.5) is 5.69 Å². The van der Waals surface area contributed by atoms with Crippen molar-refractivity contribution < 1.29 is 0 Å². The molecule has 2 aromatic heterocycles. The lowest BCUT2D eigenvalue weighted by Gasteiger charge is -2.09. The van der Waals surface area contributed by atoms with Crippen LogP contribution in [-0.2, 0) is 6.54 Å². The van der Waals surface area contributed by atoms with Gasteiger partial charge in [0.15, 0.2) is 5.16 Å². The van der Waals surface area contributed by atoms with Gasteiger partial charge < -0.3 is 10.3 Å². The van der Waals surface area contributed by atoms with Crippen LogP contribution in [0.5, 0.6) is 0 Å². The van der Waals surface area contributed by atoms with Crippen molar-refractivity contribution in [3.63, 3.8) is 0 Å². The van der Waals surface area contributed by atoms with E-state index in [0.717, 1.165) is 0 Å². The second-order valence-corrected chi connectivity index (χ2v) is 5.68. The number of hydrogen-bond donors (Lipinski definition) is 2. The maximum absolute atomic E-state index is 11.6. The van der Waals surface area contributed by atoms with Gasteiger partial charge in [0.25, 0.3) is 5.56 Å². The number of nitrogens with zero attached hydrogens (tertiary/aromatic N) is 3. The van der Waals surface area contributed by atoms with Gasteiger partial charge >= 0.3 is 5.69 Å². The molecule has 2 rings (SSSR count). The molecule has 0 saturated carbocycles.